The number of anilines is 2. The topological polar surface area (TPSA) is 45.4 Å². The highest BCUT2D eigenvalue weighted by atomic mass is 32.1. The van der Waals surface area contributed by atoms with E-state index in [4.69, 9.17) is 5.73 Å². The number of thiazole rings is 1. The van der Waals surface area contributed by atoms with Crippen molar-refractivity contribution >= 4 is 22.2 Å². The van der Waals surface area contributed by atoms with E-state index in [9.17, 15) is 0 Å². The van der Waals surface area contributed by atoms with Crippen molar-refractivity contribution < 1.29 is 0 Å². The molecule has 2 fully saturated rings. The molecule has 2 aliphatic heterocycles. The van der Waals surface area contributed by atoms with Gasteiger partial charge in [0.2, 0.25) is 0 Å². The molecule has 2 aromatic rings. The Morgan fingerprint density at radius 3 is 2.41 bits per heavy atom. The van der Waals surface area contributed by atoms with Gasteiger partial charge in [-0.2, -0.15) is 0 Å². The fraction of sp³-hybridized carbons (Fsp3) is 0.591. The number of nitrogens with zero attached hydrogens (tertiary/aromatic N) is 3. The van der Waals surface area contributed by atoms with E-state index < -0.39 is 0 Å². The van der Waals surface area contributed by atoms with Crippen LogP contribution in [0, 0.1) is 0 Å². The largest absolute Gasteiger partial charge is 0.375 e. The fourth-order valence-electron chi connectivity index (χ4n) is 4.81. The van der Waals surface area contributed by atoms with E-state index in [-0.39, 0.29) is 5.54 Å². The van der Waals surface area contributed by atoms with Crippen molar-refractivity contribution in [1.29, 1.82) is 0 Å². The Hall–Kier alpha value is -1.59. The second kappa shape index (κ2) is 7.44. The molecule has 0 amide bonds. The smallest absolute Gasteiger partial charge is 0.180 e. The van der Waals surface area contributed by atoms with Crippen LogP contribution in [-0.4, -0.2) is 28.5 Å². The molecular formula is C22H32N4S. The Labute approximate surface area is 167 Å². The molecule has 2 saturated heterocycles. The van der Waals surface area contributed by atoms with Crippen LogP contribution in [0.1, 0.15) is 76.2 Å². The molecular weight excluding hydrogens is 352 g/mol. The fourth-order valence-corrected chi connectivity index (χ4v) is 5.42. The van der Waals surface area contributed by atoms with Gasteiger partial charge in [-0.15, -0.1) is 11.3 Å². The minimum absolute atomic E-state index is 0.217. The number of benzene rings is 1. The second-order valence-corrected chi connectivity index (χ2v) is 9.82. The minimum atomic E-state index is 0.217. The van der Waals surface area contributed by atoms with E-state index in [1.165, 1.54) is 43.5 Å². The van der Waals surface area contributed by atoms with E-state index in [0.717, 1.165) is 18.7 Å². The summed E-state index contributed by atoms with van der Waals surface area (Å²) in [6.07, 6.45) is 6.28. The molecule has 2 unspecified atom stereocenters. The molecule has 1 aromatic carbocycles. The highest BCUT2D eigenvalue weighted by Crippen LogP contribution is 2.39. The lowest BCUT2D eigenvalue weighted by molar-refractivity contribution is 0.0509. The number of hydrogen-bond acceptors (Lipinski definition) is 5. The number of nitrogen functional groups attached to an aromatic ring is 1. The van der Waals surface area contributed by atoms with E-state index in [1.54, 1.807) is 11.3 Å². The summed E-state index contributed by atoms with van der Waals surface area (Å²) in [5.41, 5.74) is 9.98. The van der Waals surface area contributed by atoms with Gasteiger partial charge in [0.25, 0.3) is 0 Å². The van der Waals surface area contributed by atoms with E-state index in [2.05, 4.69) is 65.2 Å². The van der Waals surface area contributed by atoms with Gasteiger partial charge in [-0.3, -0.25) is 4.90 Å². The third-order valence-electron chi connectivity index (χ3n) is 6.11. The van der Waals surface area contributed by atoms with Gasteiger partial charge in [-0.25, -0.2) is 4.98 Å². The lowest BCUT2D eigenvalue weighted by Gasteiger charge is -2.45. The van der Waals surface area contributed by atoms with Crippen LogP contribution < -0.4 is 10.6 Å². The number of hydrogen-bond donors (Lipinski definition) is 1. The first-order chi connectivity index (χ1) is 12.9. The standard InChI is InChI=1S/C22H32N4S/c1-22(2,3)26-14-5-4-7-19(26)16-9-11-17(12-10-16)25-13-6-8-20(25)18-15-27-21(23)24-18/h9-12,15,19-20H,4-8,13-14H2,1-3H3,(H2,23,24). The van der Waals surface area contributed by atoms with Crippen molar-refractivity contribution in [1.82, 2.24) is 9.88 Å². The maximum Gasteiger partial charge on any atom is 0.180 e. The molecule has 4 rings (SSSR count). The summed E-state index contributed by atoms with van der Waals surface area (Å²) >= 11 is 1.55. The van der Waals surface area contributed by atoms with Crippen LogP contribution in [0.2, 0.25) is 0 Å². The highest BCUT2D eigenvalue weighted by Gasteiger charge is 2.32. The number of likely N-dealkylation sites (tertiary alicyclic amines) is 1. The van der Waals surface area contributed by atoms with Gasteiger partial charge in [0, 0.05) is 29.2 Å². The zero-order valence-electron chi connectivity index (χ0n) is 16.8. The molecule has 0 radical (unpaired) electrons. The number of rotatable bonds is 3. The Bertz CT molecular complexity index is 761. The molecule has 5 heteroatoms. The van der Waals surface area contributed by atoms with Crippen molar-refractivity contribution in [2.24, 2.45) is 0 Å². The van der Waals surface area contributed by atoms with E-state index in [1.807, 2.05) is 0 Å². The Balaban J connectivity index is 1.55. The first kappa shape index (κ1) is 18.8. The normalized spacial score (nSPS) is 24.5. The average Bonchev–Trinajstić information content (AvgIpc) is 3.30. The summed E-state index contributed by atoms with van der Waals surface area (Å²) in [6, 6.07) is 10.3. The predicted molar refractivity (Wildman–Crippen MR) is 115 cm³/mol. The average molecular weight is 385 g/mol. The SMILES string of the molecule is CC(C)(C)N1CCCCC1c1ccc(N2CCCC2c2csc(N)n2)cc1. The first-order valence-electron chi connectivity index (χ1n) is 10.3. The molecule has 3 heterocycles. The Kier molecular flexibility index (Phi) is 5.17. The van der Waals surface area contributed by atoms with Gasteiger partial charge in [0.1, 0.15) is 0 Å². The van der Waals surface area contributed by atoms with Gasteiger partial charge in [-0.1, -0.05) is 18.6 Å². The quantitative estimate of drug-likeness (QED) is 0.770. The van der Waals surface area contributed by atoms with Gasteiger partial charge in [0.05, 0.1) is 11.7 Å². The van der Waals surface area contributed by atoms with E-state index >= 15 is 0 Å². The lowest BCUT2D eigenvalue weighted by atomic mass is 9.90. The third-order valence-corrected chi connectivity index (χ3v) is 6.80. The van der Waals surface area contributed by atoms with Gasteiger partial charge >= 0.3 is 0 Å². The zero-order valence-corrected chi connectivity index (χ0v) is 17.6. The predicted octanol–water partition coefficient (Wildman–Crippen LogP) is 5.39. The molecule has 146 valence electrons. The van der Waals surface area contributed by atoms with Crippen molar-refractivity contribution in [2.45, 2.75) is 70.5 Å². The van der Waals surface area contributed by atoms with Crippen molar-refractivity contribution in [2.75, 3.05) is 23.7 Å². The molecule has 1 aromatic heterocycles. The molecule has 2 atom stereocenters. The molecule has 2 N–H and O–H groups in total. The van der Waals surface area contributed by atoms with Gasteiger partial charge in [0.15, 0.2) is 5.13 Å². The van der Waals surface area contributed by atoms with Crippen LogP contribution in [0.5, 0.6) is 0 Å². The molecule has 0 saturated carbocycles. The molecule has 27 heavy (non-hydrogen) atoms. The zero-order chi connectivity index (χ0) is 19.0. The van der Waals surface area contributed by atoms with Crippen LogP contribution in [0.3, 0.4) is 0 Å². The van der Waals surface area contributed by atoms with E-state index in [0.29, 0.717) is 17.2 Å². The Morgan fingerprint density at radius 2 is 1.74 bits per heavy atom. The first-order valence-corrected chi connectivity index (χ1v) is 11.2. The van der Waals surface area contributed by atoms with Crippen LogP contribution in [0.4, 0.5) is 10.8 Å². The number of aromatic nitrogens is 1. The van der Waals surface area contributed by atoms with Crippen LogP contribution in [-0.2, 0) is 0 Å². The summed E-state index contributed by atoms with van der Waals surface area (Å²) in [5.74, 6) is 0. The summed E-state index contributed by atoms with van der Waals surface area (Å²) in [6.45, 7) is 9.32. The maximum atomic E-state index is 5.87. The third kappa shape index (κ3) is 3.85. The second-order valence-electron chi connectivity index (χ2n) is 8.93. The molecule has 0 bridgehead atoms. The summed E-state index contributed by atoms with van der Waals surface area (Å²) < 4.78 is 0. The molecule has 4 nitrogen and oxygen atoms in total. The molecule has 0 aliphatic carbocycles. The molecule has 2 aliphatic rings. The summed E-state index contributed by atoms with van der Waals surface area (Å²) in [7, 11) is 0. The van der Waals surface area contributed by atoms with Crippen molar-refractivity contribution in [3.63, 3.8) is 0 Å². The lowest BCUT2D eigenvalue weighted by Crippen LogP contribution is -2.46. The number of nitrogens with two attached hydrogens (primary N) is 1. The van der Waals surface area contributed by atoms with Crippen molar-refractivity contribution in [3.05, 3.63) is 40.9 Å². The van der Waals surface area contributed by atoms with Crippen molar-refractivity contribution in [3.8, 4) is 0 Å². The van der Waals surface area contributed by atoms with Crippen LogP contribution >= 0.6 is 11.3 Å². The summed E-state index contributed by atoms with van der Waals surface area (Å²) in [5, 5.41) is 2.79. The van der Waals surface area contributed by atoms with Crippen LogP contribution in [0.25, 0.3) is 0 Å². The van der Waals surface area contributed by atoms with Gasteiger partial charge in [-0.05, 0) is 70.7 Å². The monoisotopic (exact) mass is 384 g/mol. The summed E-state index contributed by atoms with van der Waals surface area (Å²) in [4.78, 5) is 9.73. The van der Waals surface area contributed by atoms with Gasteiger partial charge < -0.3 is 10.6 Å². The highest BCUT2D eigenvalue weighted by molar-refractivity contribution is 7.13. The minimum Gasteiger partial charge on any atom is -0.375 e. The number of piperidine rings is 1. The Morgan fingerprint density at radius 1 is 1.00 bits per heavy atom. The maximum absolute atomic E-state index is 5.87. The molecule has 0 spiro atoms. The van der Waals surface area contributed by atoms with Crippen LogP contribution in [0.15, 0.2) is 29.6 Å².